The molecule has 21 heavy (non-hydrogen) atoms. The van der Waals surface area contributed by atoms with Crippen molar-refractivity contribution in [1.82, 2.24) is 0 Å². The van der Waals surface area contributed by atoms with Crippen LogP contribution in [0.5, 0.6) is 5.75 Å². The lowest BCUT2D eigenvalue weighted by Gasteiger charge is -2.22. The molecule has 114 valence electrons. The van der Waals surface area contributed by atoms with Gasteiger partial charge < -0.3 is 10.1 Å². The molecule has 1 aliphatic carbocycles. The van der Waals surface area contributed by atoms with Crippen LogP contribution in [0.4, 0.5) is 5.69 Å². The third-order valence-corrected chi connectivity index (χ3v) is 3.96. The monoisotopic (exact) mass is 287 g/mol. The molecule has 3 nitrogen and oxygen atoms in total. The summed E-state index contributed by atoms with van der Waals surface area (Å²) in [5, 5.41) is 3.05. The van der Waals surface area contributed by atoms with Gasteiger partial charge in [-0.05, 0) is 42.4 Å². The van der Waals surface area contributed by atoms with Crippen LogP contribution < -0.4 is 10.1 Å². The third-order valence-electron chi connectivity index (χ3n) is 3.96. The van der Waals surface area contributed by atoms with Crippen LogP contribution in [0.15, 0.2) is 30.4 Å². The quantitative estimate of drug-likeness (QED) is 0.842. The maximum Gasteiger partial charge on any atom is 0.227 e. The average molecular weight is 287 g/mol. The Hall–Kier alpha value is -1.77. The third kappa shape index (κ3) is 3.87. The maximum atomic E-state index is 12.4. The molecule has 0 spiro atoms. The highest BCUT2D eigenvalue weighted by Gasteiger charge is 2.21. The summed E-state index contributed by atoms with van der Waals surface area (Å²) >= 11 is 0. The Bertz CT molecular complexity index is 541. The standard InChI is InChI=1S/C18H25NO2/c1-18(2,3)14-10-11-16(21-4)15(12-14)19-17(20)13-8-6-5-7-9-13/h5-6,10-13H,7-9H2,1-4H3,(H,19,20)/t13-/m0/s1. The normalized spacial score (nSPS) is 18.4. The number of amides is 1. The van der Waals surface area contributed by atoms with Crippen molar-refractivity contribution in [2.75, 3.05) is 12.4 Å². The zero-order valence-corrected chi connectivity index (χ0v) is 13.4. The molecule has 1 aromatic rings. The van der Waals surface area contributed by atoms with Gasteiger partial charge >= 0.3 is 0 Å². The van der Waals surface area contributed by atoms with Crippen molar-refractivity contribution in [2.45, 2.75) is 45.4 Å². The minimum absolute atomic E-state index is 0.0410. The predicted molar refractivity (Wildman–Crippen MR) is 86.8 cm³/mol. The van der Waals surface area contributed by atoms with Crippen LogP contribution in [0.3, 0.4) is 0 Å². The SMILES string of the molecule is COc1ccc(C(C)(C)C)cc1NC(=O)[C@H]1CC=CCC1. The molecule has 1 N–H and O–H groups in total. The van der Waals surface area contributed by atoms with E-state index in [0.29, 0.717) is 5.75 Å². The van der Waals surface area contributed by atoms with Crippen molar-refractivity contribution in [3.05, 3.63) is 35.9 Å². The fraction of sp³-hybridized carbons (Fsp3) is 0.500. The van der Waals surface area contributed by atoms with E-state index in [1.807, 2.05) is 12.1 Å². The van der Waals surface area contributed by atoms with Crippen LogP contribution in [0, 0.1) is 5.92 Å². The number of benzene rings is 1. The Morgan fingerprint density at radius 2 is 2.05 bits per heavy atom. The summed E-state index contributed by atoms with van der Waals surface area (Å²) in [5.41, 5.74) is 1.99. The summed E-state index contributed by atoms with van der Waals surface area (Å²) < 4.78 is 5.37. The molecule has 0 heterocycles. The van der Waals surface area contributed by atoms with Crippen molar-refractivity contribution in [1.29, 1.82) is 0 Å². The molecule has 2 rings (SSSR count). The minimum Gasteiger partial charge on any atom is -0.495 e. The summed E-state index contributed by atoms with van der Waals surface area (Å²) in [6.45, 7) is 6.48. The van der Waals surface area contributed by atoms with Crippen LogP contribution in [-0.2, 0) is 10.2 Å². The zero-order valence-electron chi connectivity index (χ0n) is 13.4. The molecule has 1 atom stereocenters. The highest BCUT2D eigenvalue weighted by atomic mass is 16.5. The number of ether oxygens (including phenoxy) is 1. The van der Waals surface area contributed by atoms with Crippen molar-refractivity contribution in [3.63, 3.8) is 0 Å². The Morgan fingerprint density at radius 3 is 2.62 bits per heavy atom. The van der Waals surface area contributed by atoms with Crippen molar-refractivity contribution >= 4 is 11.6 Å². The van der Waals surface area contributed by atoms with E-state index >= 15 is 0 Å². The molecular formula is C18H25NO2. The summed E-state index contributed by atoms with van der Waals surface area (Å²) in [7, 11) is 1.63. The van der Waals surface area contributed by atoms with E-state index in [1.54, 1.807) is 7.11 Å². The van der Waals surface area contributed by atoms with Crippen LogP contribution in [-0.4, -0.2) is 13.0 Å². The van der Waals surface area contributed by atoms with Gasteiger partial charge in [0.15, 0.2) is 0 Å². The van der Waals surface area contributed by atoms with E-state index in [0.717, 1.165) is 24.9 Å². The average Bonchev–Trinajstić information content (AvgIpc) is 2.47. The van der Waals surface area contributed by atoms with Crippen LogP contribution in [0.25, 0.3) is 0 Å². The number of carbonyl (C=O) groups excluding carboxylic acids is 1. The molecule has 0 aliphatic heterocycles. The van der Waals surface area contributed by atoms with Gasteiger partial charge in [0, 0.05) is 5.92 Å². The van der Waals surface area contributed by atoms with Gasteiger partial charge in [-0.2, -0.15) is 0 Å². The molecule has 0 radical (unpaired) electrons. The molecule has 1 aromatic carbocycles. The van der Waals surface area contributed by atoms with E-state index < -0.39 is 0 Å². The maximum absolute atomic E-state index is 12.4. The Balaban J connectivity index is 2.21. The van der Waals surface area contributed by atoms with Gasteiger partial charge in [-0.15, -0.1) is 0 Å². The molecule has 1 amide bonds. The minimum atomic E-state index is 0.0410. The highest BCUT2D eigenvalue weighted by Crippen LogP contribution is 2.32. The van der Waals surface area contributed by atoms with Gasteiger partial charge in [0.25, 0.3) is 0 Å². The van der Waals surface area contributed by atoms with Gasteiger partial charge in [0.2, 0.25) is 5.91 Å². The topological polar surface area (TPSA) is 38.3 Å². The highest BCUT2D eigenvalue weighted by molar-refractivity contribution is 5.94. The Morgan fingerprint density at radius 1 is 1.29 bits per heavy atom. The molecule has 0 bridgehead atoms. The second kappa shape index (κ2) is 6.33. The zero-order chi connectivity index (χ0) is 15.5. The molecule has 0 saturated heterocycles. The lowest BCUT2D eigenvalue weighted by molar-refractivity contribution is -0.120. The van der Waals surface area contributed by atoms with Crippen molar-refractivity contribution in [2.24, 2.45) is 5.92 Å². The van der Waals surface area contributed by atoms with E-state index in [9.17, 15) is 4.79 Å². The molecule has 0 fully saturated rings. The smallest absolute Gasteiger partial charge is 0.227 e. The molecule has 1 aliphatic rings. The van der Waals surface area contributed by atoms with Crippen molar-refractivity contribution in [3.8, 4) is 5.75 Å². The second-order valence-corrected chi connectivity index (χ2v) is 6.64. The second-order valence-electron chi connectivity index (χ2n) is 6.64. The fourth-order valence-electron chi connectivity index (χ4n) is 2.54. The number of hydrogen-bond donors (Lipinski definition) is 1. The number of hydrogen-bond acceptors (Lipinski definition) is 2. The van der Waals surface area contributed by atoms with Gasteiger partial charge in [-0.1, -0.05) is 39.0 Å². The van der Waals surface area contributed by atoms with E-state index in [1.165, 1.54) is 5.56 Å². The van der Waals surface area contributed by atoms with Crippen molar-refractivity contribution < 1.29 is 9.53 Å². The van der Waals surface area contributed by atoms with Gasteiger partial charge in [0.1, 0.15) is 5.75 Å². The number of anilines is 1. The first-order chi connectivity index (χ1) is 9.91. The van der Waals surface area contributed by atoms with Crippen LogP contribution in [0.2, 0.25) is 0 Å². The number of methoxy groups -OCH3 is 1. The van der Waals surface area contributed by atoms with E-state index in [4.69, 9.17) is 4.74 Å². The number of rotatable bonds is 3. The van der Waals surface area contributed by atoms with E-state index in [2.05, 4.69) is 44.3 Å². The summed E-state index contributed by atoms with van der Waals surface area (Å²) in [4.78, 5) is 12.4. The number of allylic oxidation sites excluding steroid dienone is 2. The molecule has 0 aromatic heterocycles. The summed E-state index contributed by atoms with van der Waals surface area (Å²) in [6, 6.07) is 6.00. The summed E-state index contributed by atoms with van der Waals surface area (Å²) in [6.07, 6.45) is 6.97. The largest absolute Gasteiger partial charge is 0.495 e. The van der Waals surface area contributed by atoms with Crippen LogP contribution >= 0.6 is 0 Å². The van der Waals surface area contributed by atoms with Gasteiger partial charge in [0.05, 0.1) is 12.8 Å². The first kappa shape index (κ1) is 15.6. The first-order valence-corrected chi connectivity index (χ1v) is 7.56. The van der Waals surface area contributed by atoms with E-state index in [-0.39, 0.29) is 17.2 Å². The van der Waals surface area contributed by atoms with Crippen LogP contribution in [0.1, 0.15) is 45.6 Å². The number of nitrogens with one attached hydrogen (secondary N) is 1. The summed E-state index contributed by atoms with van der Waals surface area (Å²) in [5.74, 6) is 0.865. The lowest BCUT2D eigenvalue weighted by Crippen LogP contribution is -2.24. The lowest BCUT2D eigenvalue weighted by atomic mass is 9.86. The first-order valence-electron chi connectivity index (χ1n) is 7.56. The van der Waals surface area contributed by atoms with Gasteiger partial charge in [-0.25, -0.2) is 0 Å². The predicted octanol–water partition coefficient (Wildman–Crippen LogP) is 4.29. The Labute approximate surface area is 127 Å². The molecule has 0 unspecified atom stereocenters. The molecule has 0 saturated carbocycles. The molecule has 3 heteroatoms. The Kier molecular flexibility index (Phi) is 4.71. The fourth-order valence-corrected chi connectivity index (χ4v) is 2.54. The molecular weight excluding hydrogens is 262 g/mol. The number of carbonyl (C=O) groups is 1. The van der Waals surface area contributed by atoms with Gasteiger partial charge in [-0.3, -0.25) is 4.79 Å².